The van der Waals surface area contributed by atoms with Crippen LogP contribution in [0.4, 0.5) is 51.2 Å². The van der Waals surface area contributed by atoms with Crippen LogP contribution in [-0.4, -0.2) is 0 Å². The van der Waals surface area contributed by atoms with Gasteiger partial charge in [0.25, 0.3) is 0 Å². The van der Waals surface area contributed by atoms with Crippen LogP contribution < -0.4 is 14.7 Å². The van der Waals surface area contributed by atoms with Crippen molar-refractivity contribution < 1.29 is 8.83 Å². The third-order valence-corrected chi connectivity index (χ3v) is 33.2. The molecule has 23 aromatic carbocycles. The van der Waals surface area contributed by atoms with Crippen molar-refractivity contribution in [3.8, 4) is 89.0 Å². The van der Waals surface area contributed by atoms with Crippen LogP contribution in [0.2, 0.25) is 0 Å². The summed E-state index contributed by atoms with van der Waals surface area (Å²) in [6.45, 7) is 0. The molecule has 0 aliphatic carbocycles. The van der Waals surface area contributed by atoms with Gasteiger partial charge >= 0.3 is 0 Å². The van der Waals surface area contributed by atoms with E-state index in [2.05, 4.69) is 530 Å². The molecule has 0 unspecified atom stereocenters. The zero-order valence-electron chi connectivity index (χ0n) is 79.7. The summed E-state index contributed by atoms with van der Waals surface area (Å²) in [7, 11) is 0. The zero-order chi connectivity index (χ0) is 97.2. The van der Waals surface area contributed by atoms with Gasteiger partial charge in [-0.2, -0.15) is 0 Å². The van der Waals surface area contributed by atoms with Gasteiger partial charge in [0.15, 0.2) is 11.2 Å². The third kappa shape index (κ3) is 16.7. The summed E-state index contributed by atoms with van der Waals surface area (Å²) in [6.07, 6.45) is 0. The van der Waals surface area contributed by atoms with E-state index in [1.165, 1.54) is 175 Å². The van der Waals surface area contributed by atoms with E-state index < -0.39 is 0 Å². The van der Waals surface area contributed by atoms with Crippen LogP contribution in [-0.2, 0) is 0 Å². The van der Waals surface area contributed by atoms with Gasteiger partial charge in [-0.1, -0.05) is 376 Å². The van der Waals surface area contributed by atoms with E-state index in [-0.39, 0.29) is 0 Å². The molecule has 0 aliphatic rings. The molecular weight excluding hydrogens is 1860 g/mol. The predicted octanol–water partition coefficient (Wildman–Crippen LogP) is 42.1. The van der Waals surface area contributed by atoms with E-state index in [1.54, 1.807) is 0 Å². The molecule has 0 fully saturated rings. The van der Waals surface area contributed by atoms with Gasteiger partial charge < -0.3 is 23.5 Å². The Bertz CT molecular complexity index is 9550. The number of hydrogen-bond acceptors (Lipinski definition) is 9. The largest absolute Gasteiger partial charge is 0.454 e. The molecule has 147 heavy (non-hydrogen) atoms. The van der Waals surface area contributed by atoms with Gasteiger partial charge in [0, 0.05) is 132 Å². The van der Waals surface area contributed by atoms with Crippen molar-refractivity contribution in [2.24, 2.45) is 0 Å². The van der Waals surface area contributed by atoms with Crippen LogP contribution in [0.1, 0.15) is 0 Å². The van der Waals surface area contributed by atoms with Crippen LogP contribution in [0.5, 0.6) is 0 Å². The average Bonchev–Trinajstić information content (AvgIpc) is 1.62. The molecule has 0 radical (unpaired) electrons. The maximum atomic E-state index is 6.54. The molecule has 0 saturated heterocycles. The molecule has 692 valence electrons. The lowest BCUT2D eigenvalue weighted by atomic mass is 9.99. The lowest BCUT2D eigenvalue weighted by molar-refractivity contribution is 0.668. The molecule has 9 heteroatoms. The molecule has 0 amide bonds. The molecule has 29 rings (SSSR count). The topological polar surface area (TPSA) is 36.0 Å². The van der Waals surface area contributed by atoms with Crippen molar-refractivity contribution in [3.63, 3.8) is 0 Å². The quantitative estimate of drug-likeness (QED) is 0.0908. The van der Waals surface area contributed by atoms with E-state index >= 15 is 0 Å². The standard InChI is InChI=1S/C48H31NOS.C48H31NS2.C42H27NOS/c1-2-9-32(10-3-1)34-21-26-38(27-22-34)49(44-14-8-13-42-40-11-4-6-15-45(40)50-48(42)44)39-28-23-35(24-29-39)33-17-19-36(20-18-33)37-25-30-47-43(31-37)41-12-5-7-16-46(41)51-47;1-2-9-32(10-3-1)34-21-26-38(27-22-34)49(44-14-8-13-42-40-11-4-7-16-46(40)51-48(42)44)39-28-23-35(24-29-39)33-17-19-36(20-18-33)37-25-30-47-43(31-37)41-12-5-6-15-45(41)50-47;1-2-9-32(10-3-1)43(38-14-8-13-36-34-11-4-6-15-39(34)44-42(36)38)33-24-21-29(22-25-33)28-17-19-30(20-18-28)31-23-26-41-37(27-31)35-12-5-7-16-40(35)45-41/h2*1-31H;1-27H. The Balaban J connectivity index is 0.000000109. The fourth-order valence-electron chi connectivity index (χ4n) is 21.1. The number of furan rings is 2. The van der Waals surface area contributed by atoms with E-state index in [9.17, 15) is 0 Å². The summed E-state index contributed by atoms with van der Waals surface area (Å²) in [5, 5.41) is 15.1. The maximum absolute atomic E-state index is 6.54. The Morgan fingerprint density at radius 1 is 0.129 bits per heavy atom. The number of nitrogens with zero attached hydrogens (tertiary/aromatic N) is 3. The summed E-state index contributed by atoms with van der Waals surface area (Å²) in [5.41, 5.74) is 32.6. The zero-order valence-corrected chi connectivity index (χ0v) is 82.9. The minimum absolute atomic E-state index is 0.874. The average molecular weight is 1950 g/mol. The Hall–Kier alpha value is -18.1. The summed E-state index contributed by atoms with van der Waals surface area (Å²) < 4.78 is 23.6. The summed E-state index contributed by atoms with van der Waals surface area (Å²) in [5.74, 6) is 0. The molecule has 6 heterocycles. The lowest BCUT2D eigenvalue weighted by Crippen LogP contribution is -2.10. The maximum Gasteiger partial charge on any atom is 0.159 e. The number of thiophene rings is 4. The smallest absolute Gasteiger partial charge is 0.159 e. The van der Waals surface area contributed by atoms with Gasteiger partial charge in [0.05, 0.1) is 21.8 Å². The first kappa shape index (κ1) is 87.9. The SMILES string of the molecule is c1ccc(-c2ccc(N(c3ccc(-c4ccc(-c5ccc6sc7ccccc7c6c5)cc4)cc3)c3cccc4c3oc3ccccc34)cc2)cc1.c1ccc(-c2ccc(N(c3ccc(-c4ccc(-c5ccc6sc7ccccc7c6c5)cc4)cc3)c3cccc4c3sc3ccccc34)cc2)cc1.c1ccc(N(c2ccc(-c3ccc(-c4ccc5sc6ccccc6c5c4)cc3)cc2)c2cccc3c2oc2ccccc23)cc1. The molecule has 0 bridgehead atoms. The van der Waals surface area contributed by atoms with Gasteiger partial charge in [-0.25, -0.2) is 0 Å². The fourth-order valence-corrected chi connectivity index (χ4v) is 25.6. The monoisotopic (exact) mass is 1950 g/mol. The molecule has 0 spiro atoms. The van der Waals surface area contributed by atoms with E-state index in [0.29, 0.717) is 0 Å². The number of rotatable bonds is 17. The molecule has 0 atom stereocenters. The minimum Gasteiger partial charge on any atom is -0.454 e. The second-order valence-electron chi connectivity index (χ2n) is 37.2. The first-order valence-electron chi connectivity index (χ1n) is 49.7. The van der Waals surface area contributed by atoms with Crippen molar-refractivity contribution in [2.75, 3.05) is 14.7 Å². The second-order valence-corrected chi connectivity index (χ2v) is 41.5. The fraction of sp³-hybridized carbons (Fsp3) is 0. The van der Waals surface area contributed by atoms with Crippen LogP contribution in [0.15, 0.2) is 549 Å². The first-order valence-corrected chi connectivity index (χ1v) is 52.9. The van der Waals surface area contributed by atoms with Crippen molar-refractivity contribution in [1.29, 1.82) is 0 Å². The highest BCUT2D eigenvalue weighted by atomic mass is 32.1. The van der Waals surface area contributed by atoms with Gasteiger partial charge in [0.2, 0.25) is 0 Å². The molecule has 0 saturated carbocycles. The van der Waals surface area contributed by atoms with Crippen LogP contribution >= 0.6 is 45.3 Å². The predicted molar refractivity (Wildman–Crippen MR) is 633 cm³/mol. The van der Waals surface area contributed by atoms with Crippen LogP contribution in [0.25, 0.3) is 214 Å². The Labute approximate surface area is 866 Å². The van der Waals surface area contributed by atoms with E-state index in [4.69, 9.17) is 8.83 Å². The van der Waals surface area contributed by atoms with E-state index in [1.807, 2.05) is 69.6 Å². The molecule has 29 aromatic rings. The molecular formula is C138H89N3O2S4. The van der Waals surface area contributed by atoms with Crippen molar-refractivity contribution >= 4 is 221 Å². The van der Waals surface area contributed by atoms with Gasteiger partial charge in [-0.15, -0.1) is 45.3 Å². The lowest BCUT2D eigenvalue weighted by Gasteiger charge is -2.26. The van der Waals surface area contributed by atoms with Crippen molar-refractivity contribution in [2.45, 2.75) is 0 Å². The Kier molecular flexibility index (Phi) is 22.7. The number of benzene rings is 23. The summed E-state index contributed by atoms with van der Waals surface area (Å²) >= 11 is 7.44. The molecule has 0 aliphatic heterocycles. The van der Waals surface area contributed by atoms with Crippen LogP contribution in [0.3, 0.4) is 0 Å². The van der Waals surface area contributed by atoms with E-state index in [0.717, 1.165) is 89.4 Å². The minimum atomic E-state index is 0.874. The van der Waals surface area contributed by atoms with Crippen LogP contribution in [0, 0.1) is 0 Å². The highest BCUT2D eigenvalue weighted by Gasteiger charge is 2.25. The Morgan fingerprint density at radius 3 is 0.667 bits per heavy atom. The third-order valence-electron chi connectivity index (χ3n) is 28.5. The molecule has 0 N–H and O–H groups in total. The number of hydrogen-bond donors (Lipinski definition) is 0. The van der Waals surface area contributed by atoms with Gasteiger partial charge in [-0.05, 0) is 253 Å². The van der Waals surface area contributed by atoms with Gasteiger partial charge in [0.1, 0.15) is 11.2 Å². The first-order chi connectivity index (χ1) is 72.8. The normalized spacial score (nSPS) is 11.5. The molecule has 5 nitrogen and oxygen atoms in total. The number of para-hydroxylation sites is 5. The number of fused-ring (bicyclic) bond motifs is 18. The number of anilines is 9. The summed E-state index contributed by atoms with van der Waals surface area (Å²) in [4.78, 5) is 6.99. The van der Waals surface area contributed by atoms with Crippen molar-refractivity contribution in [3.05, 3.63) is 540 Å². The van der Waals surface area contributed by atoms with Gasteiger partial charge in [-0.3, -0.25) is 0 Å². The van der Waals surface area contributed by atoms with Crippen molar-refractivity contribution in [1.82, 2.24) is 0 Å². The summed E-state index contributed by atoms with van der Waals surface area (Å²) in [6, 6.07) is 194. The molecule has 6 aromatic heterocycles. The Morgan fingerprint density at radius 2 is 0.340 bits per heavy atom. The highest BCUT2D eigenvalue weighted by Crippen LogP contribution is 2.51. The highest BCUT2D eigenvalue weighted by molar-refractivity contribution is 7.27. The second kappa shape index (κ2) is 38.0.